The van der Waals surface area contributed by atoms with E-state index in [-0.39, 0.29) is 11.3 Å². The van der Waals surface area contributed by atoms with Crippen molar-refractivity contribution in [1.29, 1.82) is 0 Å². The van der Waals surface area contributed by atoms with Crippen molar-refractivity contribution in [2.45, 2.75) is 32.2 Å². The molecule has 0 radical (unpaired) electrons. The normalized spacial score (nSPS) is 20.4. The molecule has 1 fully saturated rings. The Kier molecular flexibility index (Phi) is 2.82. The Morgan fingerprint density at radius 1 is 1.47 bits per heavy atom. The summed E-state index contributed by atoms with van der Waals surface area (Å²) in [6.45, 7) is 3.92. The number of hydrogen-bond donors (Lipinski definition) is 2. The molecule has 1 atom stereocenters. The van der Waals surface area contributed by atoms with E-state index in [1.165, 1.54) is 0 Å². The first-order valence-electron chi connectivity index (χ1n) is 5.72. The number of rotatable bonds is 4. The molecule has 1 aromatic carbocycles. The maximum Gasteiger partial charge on any atom is 0.243 e. The molecule has 3 nitrogen and oxygen atoms in total. The van der Waals surface area contributed by atoms with Crippen LogP contribution >= 0.6 is 11.6 Å². The molecular formula is C13H17ClN2O. The van der Waals surface area contributed by atoms with Crippen LogP contribution in [0, 0.1) is 5.41 Å². The Morgan fingerprint density at radius 3 is 2.53 bits per heavy atom. The molecule has 1 aliphatic carbocycles. The van der Waals surface area contributed by atoms with Gasteiger partial charge in [0.25, 0.3) is 0 Å². The molecule has 1 saturated carbocycles. The predicted octanol–water partition coefficient (Wildman–Crippen LogP) is 2.80. The lowest BCUT2D eigenvalue weighted by Gasteiger charge is -2.35. The number of carbonyl (C=O) groups is 1. The molecule has 1 aliphatic rings. The van der Waals surface area contributed by atoms with Crippen LogP contribution in [0.1, 0.15) is 26.7 Å². The zero-order valence-electron chi connectivity index (χ0n) is 10.1. The third-order valence-corrected chi connectivity index (χ3v) is 4.29. The zero-order chi connectivity index (χ0) is 12.7. The lowest BCUT2D eigenvalue weighted by Crippen LogP contribution is -2.54. The van der Waals surface area contributed by atoms with Crippen molar-refractivity contribution in [2.75, 3.05) is 5.32 Å². The van der Waals surface area contributed by atoms with Gasteiger partial charge >= 0.3 is 0 Å². The van der Waals surface area contributed by atoms with Crippen LogP contribution in [0.2, 0.25) is 5.02 Å². The topological polar surface area (TPSA) is 55.1 Å². The quantitative estimate of drug-likeness (QED) is 0.866. The zero-order valence-corrected chi connectivity index (χ0v) is 10.8. The van der Waals surface area contributed by atoms with Gasteiger partial charge in [-0.1, -0.05) is 30.7 Å². The number of anilines is 1. The predicted molar refractivity (Wildman–Crippen MR) is 70.0 cm³/mol. The average Bonchev–Trinajstić information content (AvgIpc) is 3.01. The van der Waals surface area contributed by atoms with E-state index in [0.717, 1.165) is 18.5 Å². The van der Waals surface area contributed by atoms with E-state index >= 15 is 0 Å². The van der Waals surface area contributed by atoms with Crippen LogP contribution in [-0.2, 0) is 4.79 Å². The van der Waals surface area contributed by atoms with E-state index in [2.05, 4.69) is 12.2 Å². The van der Waals surface area contributed by atoms with Crippen LogP contribution in [0.4, 0.5) is 5.69 Å². The fraction of sp³-hybridized carbons (Fsp3) is 0.462. The molecule has 1 unspecified atom stereocenters. The molecule has 1 amide bonds. The molecule has 17 heavy (non-hydrogen) atoms. The molecule has 0 heterocycles. The highest BCUT2D eigenvalue weighted by Crippen LogP contribution is 2.54. The number of halogens is 1. The number of hydrogen-bond acceptors (Lipinski definition) is 2. The second-order valence-electron chi connectivity index (χ2n) is 5.15. The van der Waals surface area contributed by atoms with Gasteiger partial charge in [-0.25, -0.2) is 0 Å². The first kappa shape index (κ1) is 12.2. The standard InChI is InChI=1S/C13H17ClN2O/c1-12(7-8-12)13(2,11(15)17)16-10-6-4-3-5-9(10)14/h3-6,16H,7-8H2,1-2H3,(H2,15,17). The van der Waals surface area contributed by atoms with E-state index in [1.54, 1.807) is 6.07 Å². The van der Waals surface area contributed by atoms with Crippen molar-refractivity contribution in [2.24, 2.45) is 11.1 Å². The first-order valence-corrected chi connectivity index (χ1v) is 6.09. The fourth-order valence-corrected chi connectivity index (χ4v) is 2.21. The number of benzene rings is 1. The Bertz CT molecular complexity index is 456. The molecule has 0 spiro atoms. The summed E-state index contributed by atoms with van der Waals surface area (Å²) in [5, 5.41) is 3.82. The Labute approximate surface area is 106 Å². The number of nitrogens with two attached hydrogens (primary N) is 1. The minimum atomic E-state index is -0.752. The third kappa shape index (κ3) is 2.00. The Morgan fingerprint density at radius 2 is 2.06 bits per heavy atom. The summed E-state index contributed by atoms with van der Waals surface area (Å²) in [5.41, 5.74) is 5.48. The number of para-hydroxylation sites is 1. The van der Waals surface area contributed by atoms with Gasteiger partial charge in [0.05, 0.1) is 10.7 Å². The summed E-state index contributed by atoms with van der Waals surface area (Å²) >= 11 is 6.09. The van der Waals surface area contributed by atoms with E-state index < -0.39 is 5.54 Å². The third-order valence-electron chi connectivity index (χ3n) is 3.96. The minimum absolute atomic E-state index is 0.0714. The molecule has 0 saturated heterocycles. The second kappa shape index (κ2) is 3.91. The Balaban J connectivity index is 2.32. The SMILES string of the molecule is CC1(C(C)(Nc2ccccc2Cl)C(N)=O)CC1. The van der Waals surface area contributed by atoms with Gasteiger partial charge in [0.2, 0.25) is 5.91 Å². The van der Waals surface area contributed by atoms with Gasteiger partial charge in [0, 0.05) is 0 Å². The van der Waals surface area contributed by atoms with Crippen molar-refractivity contribution in [3.8, 4) is 0 Å². The molecule has 0 aromatic heterocycles. The van der Waals surface area contributed by atoms with Gasteiger partial charge in [-0.3, -0.25) is 4.79 Å². The van der Waals surface area contributed by atoms with Crippen molar-refractivity contribution < 1.29 is 4.79 Å². The van der Waals surface area contributed by atoms with Crippen molar-refractivity contribution in [3.63, 3.8) is 0 Å². The van der Waals surface area contributed by atoms with Crippen LogP contribution in [-0.4, -0.2) is 11.4 Å². The highest BCUT2D eigenvalue weighted by atomic mass is 35.5. The van der Waals surface area contributed by atoms with Crippen LogP contribution in [0.15, 0.2) is 24.3 Å². The molecule has 2 rings (SSSR count). The second-order valence-corrected chi connectivity index (χ2v) is 5.56. The van der Waals surface area contributed by atoms with Gasteiger partial charge < -0.3 is 11.1 Å². The molecule has 0 aliphatic heterocycles. The number of primary amides is 1. The minimum Gasteiger partial charge on any atom is -0.370 e. The first-order chi connectivity index (χ1) is 7.89. The average molecular weight is 253 g/mol. The molecule has 3 N–H and O–H groups in total. The maximum absolute atomic E-state index is 11.7. The van der Waals surface area contributed by atoms with Crippen molar-refractivity contribution in [3.05, 3.63) is 29.3 Å². The van der Waals surface area contributed by atoms with Gasteiger partial charge in [0.1, 0.15) is 5.54 Å². The summed E-state index contributed by atoms with van der Waals surface area (Å²) in [5.74, 6) is -0.336. The molecular weight excluding hydrogens is 236 g/mol. The fourth-order valence-electron chi connectivity index (χ4n) is 2.03. The summed E-state index contributed by atoms with van der Waals surface area (Å²) in [6.07, 6.45) is 2.01. The maximum atomic E-state index is 11.7. The lowest BCUT2D eigenvalue weighted by atomic mass is 9.83. The van der Waals surface area contributed by atoms with Crippen molar-refractivity contribution in [1.82, 2.24) is 0 Å². The van der Waals surface area contributed by atoms with Gasteiger partial charge in [0.15, 0.2) is 0 Å². The summed E-state index contributed by atoms with van der Waals surface area (Å²) in [7, 11) is 0. The summed E-state index contributed by atoms with van der Waals surface area (Å²) < 4.78 is 0. The van der Waals surface area contributed by atoms with E-state index in [4.69, 9.17) is 17.3 Å². The highest BCUT2D eigenvalue weighted by Gasteiger charge is 2.56. The smallest absolute Gasteiger partial charge is 0.243 e. The molecule has 1 aromatic rings. The number of amides is 1. The summed E-state index contributed by atoms with van der Waals surface area (Å²) in [4.78, 5) is 11.7. The van der Waals surface area contributed by atoms with Gasteiger partial charge in [-0.2, -0.15) is 0 Å². The monoisotopic (exact) mass is 252 g/mol. The van der Waals surface area contributed by atoms with Crippen molar-refractivity contribution >= 4 is 23.2 Å². The lowest BCUT2D eigenvalue weighted by molar-refractivity contribution is -0.123. The van der Waals surface area contributed by atoms with Gasteiger partial charge in [-0.05, 0) is 37.3 Å². The van der Waals surface area contributed by atoms with E-state index in [1.807, 2.05) is 25.1 Å². The Hall–Kier alpha value is -1.22. The van der Waals surface area contributed by atoms with E-state index in [0.29, 0.717) is 5.02 Å². The number of carbonyl (C=O) groups excluding carboxylic acids is 1. The molecule has 4 heteroatoms. The van der Waals surface area contributed by atoms with Crippen LogP contribution in [0.5, 0.6) is 0 Å². The largest absolute Gasteiger partial charge is 0.370 e. The van der Waals surface area contributed by atoms with E-state index in [9.17, 15) is 4.79 Å². The van der Waals surface area contributed by atoms with Crippen LogP contribution in [0.3, 0.4) is 0 Å². The van der Waals surface area contributed by atoms with Crippen LogP contribution in [0.25, 0.3) is 0 Å². The summed E-state index contributed by atoms with van der Waals surface area (Å²) in [6, 6.07) is 7.38. The molecule has 92 valence electrons. The number of nitrogens with one attached hydrogen (secondary N) is 1. The molecule has 0 bridgehead atoms. The highest BCUT2D eigenvalue weighted by molar-refractivity contribution is 6.33. The van der Waals surface area contributed by atoms with Gasteiger partial charge in [-0.15, -0.1) is 0 Å². The van der Waals surface area contributed by atoms with Crippen LogP contribution < -0.4 is 11.1 Å².